The lowest BCUT2D eigenvalue weighted by atomic mass is 9.83. The average Bonchev–Trinajstić information content (AvgIpc) is 3.24. The number of ether oxygens (including phenoxy) is 1. The number of nitrogens with zero attached hydrogens (tertiary/aromatic N) is 1. The Bertz CT molecular complexity index is 1390. The number of methoxy groups -OCH3 is 1. The molecule has 0 bridgehead atoms. The lowest BCUT2D eigenvalue weighted by Gasteiger charge is -2.34. The molecule has 0 unspecified atom stereocenters. The molecule has 41 heavy (non-hydrogen) atoms. The van der Waals surface area contributed by atoms with Gasteiger partial charge in [-0.3, -0.25) is 4.79 Å². The van der Waals surface area contributed by atoms with Crippen LogP contribution in [0.4, 0.5) is 24.5 Å². The number of nitrogens with one attached hydrogen (secondary N) is 3. The molecule has 4 N–H and O–H groups in total. The fourth-order valence-electron chi connectivity index (χ4n) is 4.86. The van der Waals surface area contributed by atoms with Crippen LogP contribution in [-0.2, 0) is 6.54 Å². The van der Waals surface area contributed by atoms with Crippen LogP contribution in [0.3, 0.4) is 0 Å². The Morgan fingerprint density at radius 3 is 2.49 bits per heavy atom. The highest BCUT2D eigenvalue weighted by atomic mass is 19.4. The van der Waals surface area contributed by atoms with E-state index in [4.69, 9.17) is 4.74 Å². The summed E-state index contributed by atoms with van der Waals surface area (Å²) in [5, 5.41) is 20.0. The van der Waals surface area contributed by atoms with Gasteiger partial charge in [-0.2, -0.15) is 13.2 Å². The molecule has 0 aliphatic heterocycles. The number of carbonyl (C=O) groups is 1. The van der Waals surface area contributed by atoms with Crippen LogP contribution in [0.5, 0.6) is 5.75 Å². The molecule has 2 aromatic carbocycles. The molecule has 1 aliphatic rings. The second-order valence-electron chi connectivity index (χ2n) is 10.0. The van der Waals surface area contributed by atoms with Crippen LogP contribution in [0.2, 0.25) is 0 Å². The van der Waals surface area contributed by atoms with Crippen molar-refractivity contribution >= 4 is 28.2 Å². The number of fused-ring (bicyclic) bond motifs is 1. The monoisotopic (exact) mass is 574 g/mol. The van der Waals surface area contributed by atoms with Gasteiger partial charge in [0, 0.05) is 29.7 Å². The van der Waals surface area contributed by atoms with Gasteiger partial charge < -0.3 is 30.4 Å². The highest BCUT2D eigenvalue weighted by Gasteiger charge is 2.31. The molecule has 0 atom stereocenters. The fraction of sp³-hybridized carbons (Fsp3) is 0.452. The smallest absolute Gasteiger partial charge is 0.406 e. The number of benzene rings is 2. The van der Waals surface area contributed by atoms with E-state index in [1.54, 1.807) is 36.4 Å². The molecule has 3 aromatic rings. The minimum atomic E-state index is -4.42. The molecule has 1 saturated carbocycles. The first-order valence-electron chi connectivity index (χ1n) is 12.8. The van der Waals surface area contributed by atoms with Gasteiger partial charge in [-0.25, -0.2) is 0 Å². The highest BCUT2D eigenvalue weighted by molar-refractivity contribution is 5.95. The Morgan fingerprint density at radius 1 is 1.15 bits per heavy atom. The summed E-state index contributed by atoms with van der Waals surface area (Å²) in [5.41, 5.74) is 1.82. The minimum Gasteiger partial charge on any atom is -0.495 e. The normalized spacial score (nSPS) is 18.3. The van der Waals surface area contributed by atoms with Gasteiger partial charge in [0.15, 0.2) is 0 Å². The summed E-state index contributed by atoms with van der Waals surface area (Å²) in [5.74, 6) is 6.01. The van der Waals surface area contributed by atoms with E-state index in [0.29, 0.717) is 40.7 Å². The Balaban J connectivity index is 0.00000294. The third kappa shape index (κ3) is 8.33. The van der Waals surface area contributed by atoms with Crippen molar-refractivity contribution in [3.8, 4) is 17.6 Å². The van der Waals surface area contributed by atoms with Crippen LogP contribution in [0, 0.1) is 11.8 Å². The molecule has 4 rings (SSSR count). The van der Waals surface area contributed by atoms with Gasteiger partial charge in [-0.05, 0) is 74.9 Å². The van der Waals surface area contributed by atoms with Gasteiger partial charge in [0.1, 0.15) is 12.3 Å². The number of aliphatic hydroxyl groups is 1. The predicted molar refractivity (Wildman–Crippen MR) is 160 cm³/mol. The summed E-state index contributed by atoms with van der Waals surface area (Å²) in [6, 6.07) is 12.0. The number of carbonyl (C=O) groups excluding carboxylic acids is 1. The fourth-order valence-corrected chi connectivity index (χ4v) is 4.86. The van der Waals surface area contributed by atoms with Gasteiger partial charge in [0.2, 0.25) is 0 Å². The molecule has 1 aliphatic carbocycles. The molecule has 10 heteroatoms. The van der Waals surface area contributed by atoms with Crippen molar-refractivity contribution in [2.75, 3.05) is 31.3 Å². The molecule has 1 aromatic heterocycles. The molecule has 224 valence electrons. The third-order valence-corrected chi connectivity index (χ3v) is 6.98. The zero-order valence-electron chi connectivity index (χ0n) is 22.2. The first-order valence-corrected chi connectivity index (χ1v) is 12.8. The SMILES string of the molecule is C.C.CNC(=O)c1ccc(NCC#Cc2cc3c(NC4CCC(C)(O)CC4)cccc3n2CC(F)(F)F)c(OC)c1. The Hall–Kier alpha value is -3.84. The maximum absolute atomic E-state index is 13.5. The lowest BCUT2D eigenvalue weighted by molar-refractivity contribution is -0.140. The first-order chi connectivity index (χ1) is 18.5. The van der Waals surface area contributed by atoms with Crippen LogP contribution in [0.25, 0.3) is 10.9 Å². The molecule has 1 fully saturated rings. The summed E-state index contributed by atoms with van der Waals surface area (Å²) >= 11 is 0. The van der Waals surface area contributed by atoms with E-state index in [9.17, 15) is 23.1 Å². The molecular formula is C31H41F3N4O3. The van der Waals surface area contributed by atoms with Crippen LogP contribution in [0.1, 0.15) is 63.5 Å². The number of halogens is 3. The lowest BCUT2D eigenvalue weighted by Crippen LogP contribution is -2.35. The zero-order valence-corrected chi connectivity index (χ0v) is 22.2. The average molecular weight is 575 g/mol. The number of rotatable bonds is 7. The molecule has 0 radical (unpaired) electrons. The van der Waals surface area contributed by atoms with Crippen LogP contribution in [0.15, 0.2) is 42.5 Å². The quantitative estimate of drug-likeness (QED) is 0.245. The highest BCUT2D eigenvalue weighted by Crippen LogP contribution is 2.34. The maximum Gasteiger partial charge on any atom is 0.406 e. The summed E-state index contributed by atoms with van der Waals surface area (Å²) in [6.07, 6.45) is -1.53. The Morgan fingerprint density at radius 2 is 1.85 bits per heavy atom. The third-order valence-electron chi connectivity index (χ3n) is 6.98. The van der Waals surface area contributed by atoms with Crippen molar-refractivity contribution in [1.82, 2.24) is 9.88 Å². The number of anilines is 2. The Kier molecular flexibility index (Phi) is 11.1. The number of alkyl halides is 3. The minimum absolute atomic E-state index is 0. The first kappa shape index (κ1) is 33.4. The van der Waals surface area contributed by atoms with Crippen molar-refractivity contribution in [1.29, 1.82) is 0 Å². The molecule has 1 amide bonds. The maximum atomic E-state index is 13.5. The van der Waals surface area contributed by atoms with Crippen LogP contribution >= 0.6 is 0 Å². The number of aromatic nitrogens is 1. The molecular weight excluding hydrogens is 533 g/mol. The number of hydrogen-bond donors (Lipinski definition) is 4. The van der Waals surface area contributed by atoms with Crippen molar-refractivity contribution in [2.24, 2.45) is 0 Å². The van der Waals surface area contributed by atoms with Gasteiger partial charge in [0.05, 0.1) is 36.2 Å². The van der Waals surface area contributed by atoms with Crippen LogP contribution in [-0.4, -0.2) is 54.1 Å². The predicted octanol–water partition coefficient (Wildman–Crippen LogP) is 6.41. The second-order valence-corrected chi connectivity index (χ2v) is 10.0. The standard InChI is InChI=1S/C29H33F3N4O3.2CH4/c1-28(38)13-11-20(12-14-28)35-23-7-4-8-25-22(23)17-21(36(25)18-29(30,31)32)6-5-15-34-24-10-9-19(27(37)33-2)16-26(24)39-3;;/h4,7-10,16-17,20,34-35,38H,11-15,18H2,1-3H3,(H,33,37);2*1H4. The zero-order chi connectivity index (χ0) is 28.2. The summed E-state index contributed by atoms with van der Waals surface area (Å²) < 4.78 is 47.1. The topological polar surface area (TPSA) is 87.5 Å². The van der Waals surface area contributed by atoms with E-state index in [-0.39, 0.29) is 39.0 Å². The van der Waals surface area contributed by atoms with Gasteiger partial charge in [-0.15, -0.1) is 0 Å². The molecule has 0 saturated heterocycles. The van der Waals surface area contributed by atoms with Crippen molar-refractivity contribution < 1.29 is 27.8 Å². The van der Waals surface area contributed by atoms with E-state index in [2.05, 4.69) is 27.8 Å². The number of amides is 1. The summed E-state index contributed by atoms with van der Waals surface area (Å²) in [4.78, 5) is 11.9. The van der Waals surface area contributed by atoms with E-state index in [1.807, 2.05) is 13.0 Å². The van der Waals surface area contributed by atoms with E-state index in [0.717, 1.165) is 18.5 Å². The molecule has 0 spiro atoms. The van der Waals surface area contributed by atoms with E-state index in [1.165, 1.54) is 18.7 Å². The van der Waals surface area contributed by atoms with Gasteiger partial charge >= 0.3 is 6.18 Å². The van der Waals surface area contributed by atoms with Crippen molar-refractivity contribution in [3.63, 3.8) is 0 Å². The van der Waals surface area contributed by atoms with Crippen molar-refractivity contribution in [2.45, 2.75) is 71.8 Å². The molecule has 7 nitrogen and oxygen atoms in total. The largest absolute Gasteiger partial charge is 0.495 e. The molecule has 1 heterocycles. The van der Waals surface area contributed by atoms with Crippen molar-refractivity contribution in [3.05, 3.63) is 53.7 Å². The number of hydrogen-bond acceptors (Lipinski definition) is 5. The van der Waals surface area contributed by atoms with Gasteiger partial charge in [0.25, 0.3) is 5.91 Å². The summed E-state index contributed by atoms with van der Waals surface area (Å²) in [7, 11) is 3.02. The van der Waals surface area contributed by atoms with E-state index < -0.39 is 18.3 Å². The second kappa shape index (κ2) is 13.7. The van der Waals surface area contributed by atoms with E-state index >= 15 is 0 Å². The summed E-state index contributed by atoms with van der Waals surface area (Å²) in [6.45, 7) is 0.825. The van der Waals surface area contributed by atoms with Crippen LogP contribution < -0.4 is 20.7 Å². The Labute approximate surface area is 240 Å². The van der Waals surface area contributed by atoms with Gasteiger partial charge in [-0.1, -0.05) is 26.8 Å².